The minimum Gasteiger partial charge on any atom is -0.310 e. The van der Waals surface area contributed by atoms with E-state index >= 15 is 0 Å². The van der Waals surface area contributed by atoms with E-state index in [-0.39, 0.29) is 0 Å². The number of aromatic nitrogens is 1. The lowest BCUT2D eigenvalue weighted by Crippen LogP contribution is -2.12. The molecule has 0 spiro atoms. The first kappa shape index (κ1) is 33.2. The molecule has 264 valence electrons. The molecule has 0 aliphatic rings. The van der Waals surface area contributed by atoms with E-state index in [1.165, 1.54) is 66.3 Å². The molecule has 10 aromatic rings. The summed E-state index contributed by atoms with van der Waals surface area (Å²) in [4.78, 5) is 2.46. The van der Waals surface area contributed by atoms with Gasteiger partial charge in [0.15, 0.2) is 0 Å². The van der Waals surface area contributed by atoms with E-state index in [4.69, 9.17) is 0 Å². The predicted octanol–water partition coefficient (Wildman–Crippen LogP) is 14.9. The summed E-state index contributed by atoms with van der Waals surface area (Å²) >= 11 is 0. The molecule has 0 amide bonds. The van der Waals surface area contributed by atoms with E-state index in [0.29, 0.717) is 0 Å². The lowest BCUT2D eigenvalue weighted by molar-refractivity contribution is 1.18. The minimum absolute atomic E-state index is 1.08. The van der Waals surface area contributed by atoms with Gasteiger partial charge in [0.05, 0.1) is 16.7 Å². The van der Waals surface area contributed by atoms with Gasteiger partial charge in [0, 0.05) is 33.4 Å². The number of benzene rings is 9. The van der Waals surface area contributed by atoms with Gasteiger partial charge < -0.3 is 9.47 Å². The maximum absolute atomic E-state index is 2.46. The van der Waals surface area contributed by atoms with Gasteiger partial charge in [-0.2, -0.15) is 0 Å². The summed E-state index contributed by atoms with van der Waals surface area (Å²) in [6, 6.07) is 83.2. The highest BCUT2D eigenvalue weighted by Gasteiger charge is 2.24. The Bertz CT molecular complexity index is 2950. The predicted molar refractivity (Wildman–Crippen MR) is 237 cm³/mol. The first-order valence-corrected chi connectivity index (χ1v) is 19.2. The smallest absolute Gasteiger partial charge is 0.0546 e. The Morgan fingerprint density at radius 2 is 0.821 bits per heavy atom. The highest BCUT2D eigenvalue weighted by atomic mass is 15.1. The second-order valence-corrected chi connectivity index (χ2v) is 14.1. The summed E-state index contributed by atoms with van der Waals surface area (Å²) in [5.41, 5.74) is 16.2. The molecule has 0 atom stereocenters. The van der Waals surface area contributed by atoms with E-state index in [1.807, 2.05) is 0 Å². The first-order chi connectivity index (χ1) is 27.8. The van der Waals surface area contributed by atoms with Crippen LogP contribution < -0.4 is 4.90 Å². The van der Waals surface area contributed by atoms with E-state index in [0.717, 1.165) is 22.7 Å². The Hall–Kier alpha value is -7.42. The zero-order valence-corrected chi connectivity index (χ0v) is 30.8. The van der Waals surface area contributed by atoms with Crippen LogP contribution in [-0.4, -0.2) is 4.57 Å². The van der Waals surface area contributed by atoms with Gasteiger partial charge in [-0.1, -0.05) is 176 Å². The first-order valence-electron chi connectivity index (χ1n) is 19.2. The fraction of sp³-hybridized carbons (Fsp3) is 0. The molecule has 2 heteroatoms. The lowest BCUT2D eigenvalue weighted by atomic mass is 9.87. The average molecular weight is 715 g/mol. The molecule has 56 heavy (non-hydrogen) atoms. The normalized spacial score (nSPS) is 11.2. The van der Waals surface area contributed by atoms with Gasteiger partial charge in [-0.25, -0.2) is 0 Å². The van der Waals surface area contributed by atoms with Crippen molar-refractivity contribution in [2.75, 3.05) is 4.90 Å². The van der Waals surface area contributed by atoms with Gasteiger partial charge in [0.1, 0.15) is 0 Å². The molecule has 0 saturated heterocycles. The van der Waals surface area contributed by atoms with Crippen molar-refractivity contribution in [3.05, 3.63) is 231 Å². The second-order valence-electron chi connectivity index (χ2n) is 14.1. The Morgan fingerprint density at radius 1 is 0.304 bits per heavy atom. The van der Waals surface area contributed by atoms with Crippen LogP contribution in [0.15, 0.2) is 231 Å². The van der Waals surface area contributed by atoms with Crippen LogP contribution in [-0.2, 0) is 0 Å². The van der Waals surface area contributed by atoms with Crippen LogP contribution in [0.2, 0.25) is 0 Å². The third kappa shape index (κ3) is 5.95. The van der Waals surface area contributed by atoms with E-state index in [1.54, 1.807) is 0 Å². The van der Waals surface area contributed by atoms with Gasteiger partial charge in [0.2, 0.25) is 0 Å². The molecular weight excluding hydrogens is 677 g/mol. The van der Waals surface area contributed by atoms with Crippen LogP contribution in [0.3, 0.4) is 0 Å². The Balaban J connectivity index is 1.28. The van der Waals surface area contributed by atoms with E-state index < -0.39 is 0 Å². The number of hydrogen-bond acceptors (Lipinski definition) is 1. The Morgan fingerprint density at radius 3 is 1.55 bits per heavy atom. The molecule has 1 heterocycles. The van der Waals surface area contributed by atoms with Gasteiger partial charge in [-0.3, -0.25) is 0 Å². The third-order valence-corrected chi connectivity index (χ3v) is 10.8. The number of nitrogens with zero attached hydrogens (tertiary/aromatic N) is 2. The lowest BCUT2D eigenvalue weighted by Gasteiger charge is -2.30. The third-order valence-electron chi connectivity index (χ3n) is 10.8. The molecule has 0 unspecified atom stereocenters. The van der Waals surface area contributed by atoms with Crippen LogP contribution in [0.5, 0.6) is 0 Å². The van der Waals surface area contributed by atoms with Gasteiger partial charge in [-0.05, 0) is 93.5 Å². The van der Waals surface area contributed by atoms with E-state index in [2.05, 4.69) is 240 Å². The van der Waals surface area contributed by atoms with Crippen molar-refractivity contribution in [1.82, 2.24) is 4.57 Å². The summed E-state index contributed by atoms with van der Waals surface area (Å²) in [5.74, 6) is 0. The zero-order valence-electron chi connectivity index (χ0n) is 30.8. The molecule has 1 aromatic heterocycles. The number of hydrogen-bond donors (Lipinski definition) is 0. The fourth-order valence-electron chi connectivity index (χ4n) is 8.28. The summed E-state index contributed by atoms with van der Waals surface area (Å²) < 4.78 is 2.38. The van der Waals surface area contributed by atoms with Crippen molar-refractivity contribution >= 4 is 38.9 Å². The fourth-order valence-corrected chi connectivity index (χ4v) is 8.28. The molecule has 0 radical (unpaired) electrons. The summed E-state index contributed by atoms with van der Waals surface area (Å²) in [6.07, 6.45) is 0. The van der Waals surface area contributed by atoms with Crippen molar-refractivity contribution < 1.29 is 0 Å². The summed E-state index contributed by atoms with van der Waals surface area (Å²) in [5, 5.41) is 2.43. The van der Waals surface area contributed by atoms with Gasteiger partial charge in [-0.15, -0.1) is 0 Å². The van der Waals surface area contributed by atoms with E-state index in [9.17, 15) is 0 Å². The molecule has 0 N–H and O–H groups in total. The van der Waals surface area contributed by atoms with Crippen molar-refractivity contribution in [1.29, 1.82) is 0 Å². The quantitative estimate of drug-likeness (QED) is 0.152. The van der Waals surface area contributed by atoms with Crippen molar-refractivity contribution in [2.45, 2.75) is 0 Å². The second kappa shape index (κ2) is 14.4. The highest BCUT2D eigenvalue weighted by molar-refractivity contribution is 6.11. The molecule has 0 bridgehead atoms. The zero-order chi connectivity index (χ0) is 37.3. The highest BCUT2D eigenvalue weighted by Crippen LogP contribution is 2.49. The molecule has 9 aromatic carbocycles. The van der Waals surface area contributed by atoms with Crippen molar-refractivity contribution in [3.8, 4) is 50.2 Å². The van der Waals surface area contributed by atoms with Crippen LogP contribution in [0.25, 0.3) is 72.0 Å². The number of rotatable bonds is 8. The Kier molecular flexibility index (Phi) is 8.55. The summed E-state index contributed by atoms with van der Waals surface area (Å²) in [6.45, 7) is 0. The van der Waals surface area contributed by atoms with Gasteiger partial charge in [0.25, 0.3) is 0 Å². The van der Waals surface area contributed by atoms with Crippen LogP contribution >= 0.6 is 0 Å². The average Bonchev–Trinajstić information content (AvgIpc) is 3.61. The molecule has 10 rings (SSSR count). The Labute approximate surface area is 327 Å². The molecule has 0 aliphatic carbocycles. The summed E-state index contributed by atoms with van der Waals surface area (Å²) in [7, 11) is 0. The van der Waals surface area contributed by atoms with Gasteiger partial charge >= 0.3 is 0 Å². The molecule has 0 aliphatic heterocycles. The SMILES string of the molecule is c1ccc(-c2cccc(N(c3ccc4c(c3)c3ccccc3n4-c3ccccc3)c3cccc(-c4ccccc4)c3-c3ccccc3-c3ccccc3)c2)cc1. The van der Waals surface area contributed by atoms with Crippen molar-refractivity contribution in [2.24, 2.45) is 0 Å². The van der Waals surface area contributed by atoms with Crippen LogP contribution in [0.4, 0.5) is 17.1 Å². The van der Waals surface area contributed by atoms with Crippen LogP contribution in [0.1, 0.15) is 0 Å². The monoisotopic (exact) mass is 714 g/mol. The molecule has 0 fully saturated rings. The topological polar surface area (TPSA) is 8.17 Å². The van der Waals surface area contributed by atoms with Crippen molar-refractivity contribution in [3.63, 3.8) is 0 Å². The number of fused-ring (bicyclic) bond motifs is 3. The number of anilines is 3. The maximum atomic E-state index is 2.46. The molecule has 2 nitrogen and oxygen atoms in total. The largest absolute Gasteiger partial charge is 0.310 e. The maximum Gasteiger partial charge on any atom is 0.0546 e. The minimum atomic E-state index is 1.08. The number of para-hydroxylation sites is 2. The van der Waals surface area contributed by atoms with Crippen LogP contribution in [0, 0.1) is 0 Å². The molecular formula is C54H38N2. The molecule has 0 saturated carbocycles. The standard InChI is InChI=1S/C54H38N2/c1-5-19-39(20-6-1)42-25-17-28-44(37-42)55(45-35-36-52-50(38-45)48-30-15-16-33-51(48)56(52)43-26-11-4-12-27-43)53-34-18-32-47(41-23-9-3-10-24-41)54(53)49-31-14-13-29-46(49)40-21-7-2-8-22-40/h1-38H.